The van der Waals surface area contributed by atoms with Crippen LogP contribution in [0.15, 0.2) is 30.3 Å². The lowest BCUT2D eigenvalue weighted by Gasteiger charge is -2.52. The first-order valence-corrected chi connectivity index (χ1v) is 14.9. The second-order valence-corrected chi connectivity index (χ2v) is 11.7. The Morgan fingerprint density at radius 1 is 0.909 bits per heavy atom. The minimum absolute atomic E-state index is 0.0170. The highest BCUT2D eigenvalue weighted by atomic mass is 16.6. The zero-order chi connectivity index (χ0) is 31.1. The number of piperidine rings is 1. The van der Waals surface area contributed by atoms with E-state index in [0.717, 1.165) is 37.2 Å². The third-order valence-electron chi connectivity index (χ3n) is 9.76. The number of carbonyl (C=O) groups is 2. The molecule has 1 saturated carbocycles. The molecule has 0 spiro atoms. The SMILES string of the molecule is COC(=O)[C@H]1[C@H]2C[C@@H]3c4[nH]c5cc(OC)ccc5c4CCN3C[C@@H]2C[C@@H](OC(=O)c2cc(OC)c(OC)c(OC)c2)[C@@H]1OC. The first kappa shape index (κ1) is 30.1. The fourth-order valence-corrected chi connectivity index (χ4v) is 7.76. The van der Waals surface area contributed by atoms with Crippen LogP contribution >= 0.6 is 0 Å². The highest BCUT2D eigenvalue weighted by Crippen LogP contribution is 2.51. The minimum atomic E-state index is -0.670. The van der Waals surface area contributed by atoms with Crippen LogP contribution in [0.2, 0.25) is 0 Å². The predicted octanol–water partition coefficient (Wildman–Crippen LogP) is 4.17. The highest BCUT2D eigenvalue weighted by Gasteiger charge is 2.54. The molecule has 1 saturated heterocycles. The van der Waals surface area contributed by atoms with Crippen molar-refractivity contribution in [1.82, 2.24) is 9.88 Å². The molecule has 0 bridgehead atoms. The van der Waals surface area contributed by atoms with Gasteiger partial charge in [-0.3, -0.25) is 9.69 Å². The number of methoxy groups -OCH3 is 6. The van der Waals surface area contributed by atoms with Crippen LogP contribution in [0.1, 0.15) is 40.5 Å². The Kier molecular flexibility index (Phi) is 8.34. The Labute approximate surface area is 256 Å². The molecule has 3 aliphatic rings. The Morgan fingerprint density at radius 2 is 1.66 bits per heavy atom. The van der Waals surface area contributed by atoms with Gasteiger partial charge in [0, 0.05) is 42.9 Å². The third kappa shape index (κ3) is 5.01. The molecule has 11 heteroatoms. The number of fused-ring (bicyclic) bond motifs is 6. The Bertz CT molecular complexity index is 1530. The number of rotatable bonds is 8. The lowest BCUT2D eigenvalue weighted by atomic mass is 9.63. The molecule has 11 nitrogen and oxygen atoms in total. The normalized spacial score (nSPS) is 26.1. The Hall–Kier alpha value is -3.96. The zero-order valence-electron chi connectivity index (χ0n) is 26.0. The molecule has 6 atom stereocenters. The maximum atomic E-state index is 13.5. The molecule has 1 aromatic heterocycles. The lowest BCUT2D eigenvalue weighted by molar-refractivity contribution is -0.176. The van der Waals surface area contributed by atoms with E-state index in [0.29, 0.717) is 23.7 Å². The van der Waals surface area contributed by atoms with Crippen molar-refractivity contribution < 1.29 is 42.7 Å². The topological polar surface area (TPSA) is 118 Å². The molecule has 2 aromatic carbocycles. The average molecular weight is 609 g/mol. The number of hydrogen-bond acceptors (Lipinski definition) is 10. The van der Waals surface area contributed by atoms with Crippen molar-refractivity contribution in [3.8, 4) is 23.0 Å². The van der Waals surface area contributed by atoms with Crippen molar-refractivity contribution in [1.29, 1.82) is 0 Å². The molecule has 0 radical (unpaired) electrons. The van der Waals surface area contributed by atoms with Crippen molar-refractivity contribution in [2.45, 2.75) is 37.5 Å². The summed E-state index contributed by atoms with van der Waals surface area (Å²) in [6.45, 7) is 1.68. The lowest BCUT2D eigenvalue weighted by Crippen LogP contribution is -2.58. The van der Waals surface area contributed by atoms with Crippen molar-refractivity contribution in [3.05, 3.63) is 47.2 Å². The molecule has 2 aliphatic heterocycles. The summed E-state index contributed by atoms with van der Waals surface area (Å²) >= 11 is 0. The molecular weight excluding hydrogens is 568 g/mol. The molecule has 0 unspecified atom stereocenters. The van der Waals surface area contributed by atoms with E-state index >= 15 is 0 Å². The number of nitrogens with zero attached hydrogens (tertiary/aromatic N) is 1. The maximum Gasteiger partial charge on any atom is 0.338 e. The van der Waals surface area contributed by atoms with Crippen molar-refractivity contribution in [2.24, 2.45) is 17.8 Å². The largest absolute Gasteiger partial charge is 0.497 e. The molecular formula is C33H40N2O9. The summed E-state index contributed by atoms with van der Waals surface area (Å²) in [7, 11) is 9.10. The van der Waals surface area contributed by atoms with Gasteiger partial charge in [0.1, 0.15) is 18.0 Å². The number of H-pyrrole nitrogens is 1. The quantitative estimate of drug-likeness (QED) is 0.374. The van der Waals surface area contributed by atoms with E-state index < -0.39 is 24.1 Å². The number of benzene rings is 2. The van der Waals surface area contributed by atoms with Gasteiger partial charge >= 0.3 is 11.9 Å². The molecule has 236 valence electrons. The van der Waals surface area contributed by atoms with Crippen LogP contribution < -0.4 is 18.9 Å². The van der Waals surface area contributed by atoms with Gasteiger partial charge in [0.05, 0.1) is 53.1 Å². The predicted molar refractivity (Wildman–Crippen MR) is 161 cm³/mol. The zero-order valence-corrected chi connectivity index (χ0v) is 26.0. The van der Waals surface area contributed by atoms with E-state index in [2.05, 4.69) is 16.0 Å². The van der Waals surface area contributed by atoms with Gasteiger partial charge in [0.15, 0.2) is 11.5 Å². The molecule has 6 rings (SSSR count). The first-order valence-electron chi connectivity index (χ1n) is 14.9. The number of hydrogen-bond donors (Lipinski definition) is 1. The standard InChI is InChI=1S/C33H40N2O9/c1-38-19-7-8-20-21-9-10-35-16-18-13-27(44-32(36)17-11-25(39-2)30(41-4)26(12-17)40-3)31(42-5)28(33(37)43-6)22(18)15-24(35)29(21)34-23(20)14-19/h7-8,11-12,14,18,22,24,27-28,31,34H,9-10,13,15-16H2,1-6H3/t18-,22-,24+,27+,28-,31-/m0/s1. The van der Waals surface area contributed by atoms with Gasteiger partial charge in [-0.2, -0.15) is 0 Å². The van der Waals surface area contributed by atoms with Gasteiger partial charge in [-0.15, -0.1) is 0 Å². The molecule has 2 fully saturated rings. The van der Waals surface area contributed by atoms with Crippen molar-refractivity contribution >= 4 is 22.8 Å². The summed E-state index contributed by atoms with van der Waals surface area (Å²) in [5.74, 6) is 0.441. The number of nitrogens with one attached hydrogen (secondary N) is 1. The van der Waals surface area contributed by atoms with Crippen molar-refractivity contribution in [2.75, 3.05) is 55.7 Å². The first-order chi connectivity index (χ1) is 21.3. The van der Waals surface area contributed by atoms with Crippen LogP contribution in [0.5, 0.6) is 23.0 Å². The molecule has 1 N–H and O–H groups in total. The van der Waals surface area contributed by atoms with Gasteiger partial charge < -0.3 is 38.1 Å². The van der Waals surface area contributed by atoms with Gasteiger partial charge in [0.2, 0.25) is 5.75 Å². The van der Waals surface area contributed by atoms with E-state index in [4.69, 9.17) is 33.2 Å². The highest BCUT2D eigenvalue weighted by molar-refractivity contribution is 5.91. The summed E-state index contributed by atoms with van der Waals surface area (Å²) in [5, 5.41) is 1.21. The van der Waals surface area contributed by atoms with E-state index in [1.54, 1.807) is 26.4 Å². The fourth-order valence-electron chi connectivity index (χ4n) is 7.76. The second-order valence-electron chi connectivity index (χ2n) is 11.7. The van der Waals surface area contributed by atoms with Crippen LogP contribution in [0.4, 0.5) is 0 Å². The average Bonchev–Trinajstić information content (AvgIpc) is 3.43. The van der Waals surface area contributed by atoms with Gasteiger partial charge in [0.25, 0.3) is 0 Å². The van der Waals surface area contributed by atoms with Crippen LogP contribution in [-0.2, 0) is 25.4 Å². The number of aromatic nitrogens is 1. The summed E-state index contributed by atoms with van der Waals surface area (Å²) in [4.78, 5) is 33.1. The number of carbonyl (C=O) groups excluding carboxylic acids is 2. The molecule has 44 heavy (non-hydrogen) atoms. The molecule has 3 aromatic rings. The smallest absolute Gasteiger partial charge is 0.338 e. The Morgan fingerprint density at radius 3 is 2.30 bits per heavy atom. The third-order valence-corrected chi connectivity index (χ3v) is 9.76. The molecule has 3 heterocycles. The summed E-state index contributed by atoms with van der Waals surface area (Å²) < 4.78 is 39.1. The number of esters is 2. The summed E-state index contributed by atoms with van der Waals surface area (Å²) in [6, 6.07) is 9.40. The molecule has 0 amide bonds. The summed E-state index contributed by atoms with van der Waals surface area (Å²) in [6.07, 6.45) is 0.920. The van der Waals surface area contributed by atoms with E-state index in [9.17, 15) is 9.59 Å². The van der Waals surface area contributed by atoms with Crippen molar-refractivity contribution in [3.63, 3.8) is 0 Å². The second kappa shape index (κ2) is 12.2. The Balaban J connectivity index is 1.29. The van der Waals surface area contributed by atoms with E-state index in [1.165, 1.54) is 45.1 Å². The summed E-state index contributed by atoms with van der Waals surface area (Å²) in [5.41, 5.74) is 3.83. The molecule has 1 aliphatic carbocycles. The van der Waals surface area contributed by atoms with Crippen LogP contribution in [0.3, 0.4) is 0 Å². The maximum absolute atomic E-state index is 13.5. The minimum Gasteiger partial charge on any atom is -0.497 e. The van der Waals surface area contributed by atoms with Gasteiger partial charge in [-0.05, 0) is 60.9 Å². The van der Waals surface area contributed by atoms with Gasteiger partial charge in [-0.25, -0.2) is 4.79 Å². The number of ether oxygens (including phenoxy) is 7. The van der Waals surface area contributed by atoms with E-state index in [-0.39, 0.29) is 29.4 Å². The van der Waals surface area contributed by atoms with Crippen LogP contribution in [-0.4, -0.2) is 89.8 Å². The van der Waals surface area contributed by atoms with Crippen LogP contribution in [0, 0.1) is 17.8 Å². The monoisotopic (exact) mass is 608 g/mol. The van der Waals surface area contributed by atoms with Gasteiger partial charge in [-0.1, -0.05) is 0 Å². The number of aromatic amines is 1. The fraction of sp³-hybridized carbons (Fsp3) is 0.515. The van der Waals surface area contributed by atoms with Crippen LogP contribution in [0.25, 0.3) is 10.9 Å². The van der Waals surface area contributed by atoms with E-state index in [1.807, 2.05) is 12.1 Å².